The molecule has 0 spiro atoms. The van der Waals surface area contributed by atoms with Gasteiger partial charge in [-0.15, -0.1) is 0 Å². The fourth-order valence-corrected chi connectivity index (χ4v) is 2.82. The van der Waals surface area contributed by atoms with Crippen LogP contribution in [0.5, 0.6) is 0 Å². The van der Waals surface area contributed by atoms with Crippen molar-refractivity contribution in [1.29, 1.82) is 0 Å². The highest BCUT2D eigenvalue weighted by molar-refractivity contribution is 6.31. The lowest BCUT2D eigenvalue weighted by Gasteiger charge is -2.15. The molecule has 3 nitrogen and oxygen atoms in total. The third kappa shape index (κ3) is 4.08. The summed E-state index contributed by atoms with van der Waals surface area (Å²) in [7, 11) is 0. The molecule has 0 unspecified atom stereocenters. The number of fused-ring (bicyclic) bond motifs is 1. The molecule has 0 N–H and O–H groups in total. The molecule has 10 heteroatoms. The Balaban J connectivity index is 2.31. The quantitative estimate of drug-likeness (QED) is 0.541. The molecule has 0 saturated heterocycles. The van der Waals surface area contributed by atoms with Crippen molar-refractivity contribution < 1.29 is 26.3 Å². The summed E-state index contributed by atoms with van der Waals surface area (Å²) >= 11 is 5.89. The molecule has 2 aromatic carbocycles. The number of aromatic nitrogens is 2. The van der Waals surface area contributed by atoms with Crippen LogP contribution >= 0.6 is 11.6 Å². The lowest BCUT2D eigenvalue weighted by atomic mass is 10.0. The second kappa shape index (κ2) is 6.56. The van der Waals surface area contributed by atoms with Crippen LogP contribution in [-0.4, -0.2) is 15.7 Å². The second-order valence-electron chi connectivity index (χ2n) is 5.68. The molecule has 0 aliphatic carbocycles. The number of rotatable bonds is 2. The molecule has 0 fully saturated rings. The number of benzene rings is 2. The molecule has 142 valence electrons. The highest BCUT2D eigenvalue weighted by Gasteiger charge is 2.32. The number of halogens is 7. The van der Waals surface area contributed by atoms with E-state index in [1.807, 2.05) is 0 Å². The molecule has 1 heterocycles. The van der Waals surface area contributed by atoms with Crippen LogP contribution in [-0.2, 0) is 12.7 Å². The number of nitrogens with zero attached hydrogens (tertiary/aromatic N) is 2. The first kappa shape index (κ1) is 19.2. The topological polar surface area (TPSA) is 34.9 Å². The number of alkyl halides is 6. The second-order valence-corrected chi connectivity index (χ2v) is 6.12. The van der Waals surface area contributed by atoms with Crippen molar-refractivity contribution >= 4 is 22.5 Å². The van der Waals surface area contributed by atoms with E-state index >= 15 is 0 Å². The van der Waals surface area contributed by atoms with E-state index in [0.29, 0.717) is 4.57 Å². The third-order valence-electron chi connectivity index (χ3n) is 3.74. The Labute approximate surface area is 152 Å². The van der Waals surface area contributed by atoms with E-state index in [4.69, 9.17) is 11.6 Å². The maximum Gasteiger partial charge on any atom is 0.416 e. The van der Waals surface area contributed by atoms with Gasteiger partial charge < -0.3 is 0 Å². The largest absolute Gasteiger partial charge is 0.416 e. The average molecular weight is 407 g/mol. The highest BCUT2D eigenvalue weighted by Crippen LogP contribution is 2.34. The fraction of sp³-hybridized carbons (Fsp3) is 0.176. The summed E-state index contributed by atoms with van der Waals surface area (Å²) in [6, 6.07) is 7.75. The minimum atomic E-state index is -4.68. The van der Waals surface area contributed by atoms with E-state index in [1.165, 1.54) is 24.3 Å². The Morgan fingerprint density at radius 1 is 1.00 bits per heavy atom. The van der Waals surface area contributed by atoms with Gasteiger partial charge >= 0.3 is 18.0 Å². The first-order valence-corrected chi connectivity index (χ1v) is 7.78. The molecule has 0 atom stereocenters. The third-order valence-corrected chi connectivity index (χ3v) is 3.98. The summed E-state index contributed by atoms with van der Waals surface area (Å²) in [6.45, 7) is -1.58. The van der Waals surface area contributed by atoms with Gasteiger partial charge in [0.05, 0.1) is 16.8 Å². The molecule has 3 aromatic rings. The van der Waals surface area contributed by atoms with Gasteiger partial charge in [-0.3, -0.25) is 4.57 Å². The fourth-order valence-electron chi connectivity index (χ4n) is 2.65. The van der Waals surface area contributed by atoms with E-state index in [-0.39, 0.29) is 27.2 Å². The van der Waals surface area contributed by atoms with Crippen LogP contribution in [0, 0.1) is 0 Å². The van der Waals surface area contributed by atoms with Gasteiger partial charge in [-0.1, -0.05) is 23.7 Å². The smallest absolute Gasteiger partial charge is 0.283 e. The molecule has 0 aliphatic heterocycles. The van der Waals surface area contributed by atoms with Gasteiger partial charge in [0.15, 0.2) is 0 Å². The molecular weight excluding hydrogens is 398 g/mol. The first-order chi connectivity index (χ1) is 12.5. The van der Waals surface area contributed by atoms with Crippen LogP contribution < -0.4 is 5.69 Å². The van der Waals surface area contributed by atoms with Crippen molar-refractivity contribution in [3.63, 3.8) is 0 Å². The van der Waals surface area contributed by atoms with E-state index in [2.05, 4.69) is 4.98 Å². The van der Waals surface area contributed by atoms with Crippen molar-refractivity contribution in [3.05, 3.63) is 63.5 Å². The zero-order chi connectivity index (χ0) is 20.0. The standard InChI is InChI=1S/C17H9ClF6N2O/c18-11-4-5-13-12(7-11)14(25-15(27)26(13)8-16(19,20)21)9-2-1-3-10(6-9)17(22,23)24/h1-7H,8H2. The molecule has 0 radical (unpaired) electrons. The zero-order valence-corrected chi connectivity index (χ0v) is 14.0. The molecule has 0 saturated carbocycles. The predicted octanol–water partition coefficient (Wildman–Crippen LogP) is 5.30. The summed E-state index contributed by atoms with van der Waals surface area (Å²) in [6.07, 6.45) is -9.31. The minimum Gasteiger partial charge on any atom is -0.283 e. The average Bonchev–Trinajstić information content (AvgIpc) is 2.55. The Bertz CT molecular complexity index is 1070. The van der Waals surface area contributed by atoms with Crippen molar-refractivity contribution in [1.82, 2.24) is 9.55 Å². The molecule has 0 amide bonds. The van der Waals surface area contributed by atoms with Crippen molar-refractivity contribution in [2.75, 3.05) is 0 Å². The first-order valence-electron chi connectivity index (χ1n) is 7.40. The Morgan fingerprint density at radius 2 is 1.70 bits per heavy atom. The highest BCUT2D eigenvalue weighted by atomic mass is 35.5. The Morgan fingerprint density at radius 3 is 2.33 bits per heavy atom. The van der Waals surface area contributed by atoms with Gasteiger partial charge in [0, 0.05) is 16.0 Å². The van der Waals surface area contributed by atoms with Crippen LogP contribution in [0.15, 0.2) is 47.3 Å². The summed E-state index contributed by atoms with van der Waals surface area (Å²) in [5.74, 6) is 0. The minimum absolute atomic E-state index is 0.0330. The summed E-state index contributed by atoms with van der Waals surface area (Å²) in [4.78, 5) is 15.8. The monoisotopic (exact) mass is 406 g/mol. The van der Waals surface area contributed by atoms with Gasteiger partial charge in [0.1, 0.15) is 6.54 Å². The van der Waals surface area contributed by atoms with Crippen LogP contribution in [0.4, 0.5) is 26.3 Å². The van der Waals surface area contributed by atoms with Crippen molar-refractivity contribution in [3.8, 4) is 11.3 Å². The molecule has 3 rings (SSSR count). The maximum absolute atomic E-state index is 13.0. The lowest BCUT2D eigenvalue weighted by molar-refractivity contribution is -0.140. The molecular formula is C17H9ClF6N2O. The van der Waals surface area contributed by atoms with E-state index in [1.54, 1.807) is 0 Å². The zero-order valence-electron chi connectivity index (χ0n) is 13.2. The predicted molar refractivity (Wildman–Crippen MR) is 87.5 cm³/mol. The normalized spacial score (nSPS) is 12.6. The Kier molecular flexibility index (Phi) is 4.67. The molecule has 0 bridgehead atoms. The van der Waals surface area contributed by atoms with Gasteiger partial charge in [-0.25, -0.2) is 4.79 Å². The lowest BCUT2D eigenvalue weighted by Crippen LogP contribution is -2.30. The van der Waals surface area contributed by atoms with Gasteiger partial charge in [-0.05, 0) is 30.3 Å². The van der Waals surface area contributed by atoms with E-state index < -0.39 is 30.2 Å². The maximum atomic E-state index is 13.0. The summed E-state index contributed by atoms with van der Waals surface area (Å²) in [5, 5.41) is 0.167. The van der Waals surface area contributed by atoms with Crippen molar-refractivity contribution in [2.24, 2.45) is 0 Å². The van der Waals surface area contributed by atoms with Crippen molar-refractivity contribution in [2.45, 2.75) is 18.9 Å². The Hall–Kier alpha value is -2.55. The SMILES string of the molecule is O=c1nc(-c2cccc(C(F)(F)F)c2)c2cc(Cl)ccc2n1CC(F)(F)F. The van der Waals surface area contributed by atoms with E-state index in [9.17, 15) is 31.1 Å². The van der Waals surface area contributed by atoms with Gasteiger partial charge in [0.25, 0.3) is 0 Å². The van der Waals surface area contributed by atoms with Crippen LogP contribution in [0.3, 0.4) is 0 Å². The van der Waals surface area contributed by atoms with Gasteiger partial charge in [0.2, 0.25) is 0 Å². The van der Waals surface area contributed by atoms with Crippen LogP contribution in [0.2, 0.25) is 5.02 Å². The van der Waals surface area contributed by atoms with Gasteiger partial charge in [-0.2, -0.15) is 31.3 Å². The molecule has 0 aliphatic rings. The molecule has 27 heavy (non-hydrogen) atoms. The number of hydrogen-bond acceptors (Lipinski definition) is 2. The van der Waals surface area contributed by atoms with Crippen LogP contribution in [0.25, 0.3) is 22.2 Å². The summed E-state index contributed by atoms with van der Waals surface area (Å²) < 4.78 is 77.7. The van der Waals surface area contributed by atoms with E-state index in [0.717, 1.165) is 18.2 Å². The number of hydrogen-bond donors (Lipinski definition) is 0. The summed E-state index contributed by atoms with van der Waals surface area (Å²) in [5.41, 5.74) is -2.58. The molecule has 1 aromatic heterocycles. The van der Waals surface area contributed by atoms with Crippen LogP contribution in [0.1, 0.15) is 5.56 Å².